The van der Waals surface area contributed by atoms with Crippen LogP contribution in [0.2, 0.25) is 5.02 Å². The normalized spacial score (nSPS) is 12.2. The minimum atomic E-state index is 0.217. The highest BCUT2D eigenvalue weighted by Crippen LogP contribution is 2.23. The molecule has 0 radical (unpaired) electrons. The molecule has 5 heteroatoms. The Morgan fingerprint density at radius 2 is 2.19 bits per heavy atom. The summed E-state index contributed by atoms with van der Waals surface area (Å²) in [6.07, 6.45) is 1.20. The molecule has 1 atom stereocenters. The third-order valence-electron chi connectivity index (χ3n) is 3.47. The smallest absolute Gasteiger partial charge is 0.121 e. The number of ether oxygens (including phenoxy) is 1. The van der Waals surface area contributed by atoms with Gasteiger partial charge < -0.3 is 10.1 Å². The van der Waals surface area contributed by atoms with Gasteiger partial charge in [-0.05, 0) is 32.4 Å². The van der Waals surface area contributed by atoms with Crippen molar-refractivity contribution in [3.8, 4) is 5.75 Å². The molecule has 0 bridgehead atoms. The fraction of sp³-hybridized carbons (Fsp3) is 0.438. The number of hydrogen-bond donors (Lipinski definition) is 1. The number of rotatable bonds is 6. The standard InChI is InChI=1S/C16H22ClN3O/c1-5-11(2)21-14-8-6-7-13(9-14)18-10-15-16(17)12(3)19-20(15)4/h6-9,11,18H,5,10H2,1-4H3. The number of aryl methyl sites for hydroxylation is 2. The van der Waals surface area contributed by atoms with Gasteiger partial charge >= 0.3 is 0 Å². The van der Waals surface area contributed by atoms with E-state index in [0.717, 1.165) is 34.3 Å². The minimum absolute atomic E-state index is 0.217. The van der Waals surface area contributed by atoms with Crippen molar-refractivity contribution in [2.75, 3.05) is 5.32 Å². The van der Waals surface area contributed by atoms with Crippen LogP contribution in [0.3, 0.4) is 0 Å². The largest absolute Gasteiger partial charge is 0.491 e. The minimum Gasteiger partial charge on any atom is -0.491 e. The van der Waals surface area contributed by atoms with Gasteiger partial charge in [0.15, 0.2) is 0 Å². The van der Waals surface area contributed by atoms with E-state index in [-0.39, 0.29) is 6.10 Å². The number of halogens is 1. The molecule has 21 heavy (non-hydrogen) atoms. The summed E-state index contributed by atoms with van der Waals surface area (Å²) in [5.74, 6) is 0.877. The maximum absolute atomic E-state index is 6.25. The van der Waals surface area contributed by atoms with E-state index >= 15 is 0 Å². The van der Waals surface area contributed by atoms with Crippen molar-refractivity contribution in [3.05, 3.63) is 40.7 Å². The molecule has 1 N–H and O–H groups in total. The van der Waals surface area contributed by atoms with Crippen molar-refractivity contribution < 1.29 is 4.74 Å². The first-order valence-corrected chi connectivity index (χ1v) is 7.57. The van der Waals surface area contributed by atoms with Crippen molar-refractivity contribution >= 4 is 17.3 Å². The zero-order valence-corrected chi connectivity index (χ0v) is 13.7. The van der Waals surface area contributed by atoms with Gasteiger partial charge in [0.1, 0.15) is 5.75 Å². The Labute approximate surface area is 131 Å². The van der Waals surface area contributed by atoms with E-state index in [1.54, 1.807) is 0 Å². The molecule has 0 aliphatic rings. The third-order valence-corrected chi connectivity index (χ3v) is 3.96. The van der Waals surface area contributed by atoms with E-state index in [9.17, 15) is 0 Å². The maximum atomic E-state index is 6.25. The van der Waals surface area contributed by atoms with Crippen molar-refractivity contribution in [2.45, 2.75) is 39.8 Å². The van der Waals surface area contributed by atoms with Crippen molar-refractivity contribution in [1.82, 2.24) is 9.78 Å². The molecule has 2 aromatic rings. The lowest BCUT2D eigenvalue weighted by Crippen LogP contribution is -2.10. The van der Waals surface area contributed by atoms with Crippen LogP contribution in [-0.4, -0.2) is 15.9 Å². The van der Waals surface area contributed by atoms with E-state index in [1.165, 1.54) is 0 Å². The van der Waals surface area contributed by atoms with Gasteiger partial charge in [-0.15, -0.1) is 0 Å². The summed E-state index contributed by atoms with van der Waals surface area (Å²) in [6.45, 7) is 6.72. The van der Waals surface area contributed by atoms with Crippen LogP contribution in [0.25, 0.3) is 0 Å². The monoisotopic (exact) mass is 307 g/mol. The molecule has 0 spiro atoms. The van der Waals surface area contributed by atoms with Gasteiger partial charge in [0.25, 0.3) is 0 Å². The maximum Gasteiger partial charge on any atom is 0.121 e. The van der Waals surface area contributed by atoms with Crippen molar-refractivity contribution in [2.24, 2.45) is 7.05 Å². The van der Waals surface area contributed by atoms with Gasteiger partial charge in [0.2, 0.25) is 0 Å². The van der Waals surface area contributed by atoms with Gasteiger partial charge in [-0.3, -0.25) is 4.68 Å². The molecule has 0 aliphatic heterocycles. The van der Waals surface area contributed by atoms with Crippen LogP contribution in [0, 0.1) is 6.92 Å². The summed E-state index contributed by atoms with van der Waals surface area (Å²) >= 11 is 6.25. The predicted molar refractivity (Wildman–Crippen MR) is 87.1 cm³/mol. The average molecular weight is 308 g/mol. The van der Waals surface area contributed by atoms with Crippen LogP contribution in [0.15, 0.2) is 24.3 Å². The second-order valence-corrected chi connectivity index (χ2v) is 5.57. The number of anilines is 1. The number of hydrogen-bond acceptors (Lipinski definition) is 3. The van der Waals surface area contributed by atoms with Gasteiger partial charge in [-0.25, -0.2) is 0 Å². The molecule has 1 unspecified atom stereocenters. The molecule has 0 fully saturated rings. The highest BCUT2D eigenvalue weighted by atomic mass is 35.5. The Kier molecular flexibility index (Phi) is 5.12. The molecule has 114 valence electrons. The topological polar surface area (TPSA) is 39.1 Å². The number of nitrogens with zero attached hydrogens (tertiary/aromatic N) is 2. The van der Waals surface area contributed by atoms with Crippen LogP contribution in [0.1, 0.15) is 31.7 Å². The number of benzene rings is 1. The molecule has 4 nitrogen and oxygen atoms in total. The Hall–Kier alpha value is -1.68. The summed E-state index contributed by atoms with van der Waals surface area (Å²) in [7, 11) is 1.90. The van der Waals surface area contributed by atoms with Gasteiger partial charge in [-0.2, -0.15) is 5.10 Å². The van der Waals surface area contributed by atoms with Gasteiger partial charge in [-0.1, -0.05) is 24.6 Å². The number of nitrogens with one attached hydrogen (secondary N) is 1. The lowest BCUT2D eigenvalue weighted by molar-refractivity contribution is 0.217. The molecule has 2 rings (SSSR count). The quantitative estimate of drug-likeness (QED) is 0.870. The zero-order valence-electron chi connectivity index (χ0n) is 13.0. The Morgan fingerprint density at radius 3 is 2.81 bits per heavy atom. The van der Waals surface area contributed by atoms with Crippen LogP contribution in [-0.2, 0) is 13.6 Å². The molecular formula is C16H22ClN3O. The Balaban J connectivity index is 2.05. The third kappa shape index (κ3) is 3.91. The highest BCUT2D eigenvalue weighted by Gasteiger charge is 2.10. The van der Waals surface area contributed by atoms with Gasteiger partial charge in [0, 0.05) is 18.8 Å². The summed E-state index contributed by atoms with van der Waals surface area (Å²) in [5, 5.41) is 8.39. The molecule has 0 saturated carbocycles. The van der Waals surface area contributed by atoms with Gasteiger partial charge in [0.05, 0.1) is 29.1 Å². The fourth-order valence-electron chi connectivity index (χ4n) is 2.05. The van der Waals surface area contributed by atoms with Crippen LogP contribution < -0.4 is 10.1 Å². The van der Waals surface area contributed by atoms with Crippen molar-refractivity contribution in [1.29, 1.82) is 0 Å². The highest BCUT2D eigenvalue weighted by molar-refractivity contribution is 6.31. The Bertz CT molecular complexity index is 610. The van der Waals surface area contributed by atoms with E-state index in [1.807, 2.05) is 42.9 Å². The Morgan fingerprint density at radius 1 is 1.43 bits per heavy atom. The van der Waals surface area contributed by atoms with Crippen LogP contribution in [0.5, 0.6) is 5.75 Å². The summed E-state index contributed by atoms with van der Waals surface area (Å²) in [5.41, 5.74) is 2.83. The van der Waals surface area contributed by atoms with Crippen molar-refractivity contribution in [3.63, 3.8) is 0 Å². The molecule has 0 saturated heterocycles. The fourth-order valence-corrected chi connectivity index (χ4v) is 2.28. The van der Waals surface area contributed by atoms with E-state index < -0.39 is 0 Å². The molecule has 0 amide bonds. The lowest BCUT2D eigenvalue weighted by Gasteiger charge is -2.14. The molecule has 1 aromatic heterocycles. The van der Waals surface area contributed by atoms with E-state index in [2.05, 4.69) is 24.3 Å². The number of aromatic nitrogens is 2. The second-order valence-electron chi connectivity index (χ2n) is 5.19. The van der Waals surface area contributed by atoms with Crippen LogP contribution >= 0.6 is 11.6 Å². The molecule has 1 heterocycles. The molecule has 1 aromatic carbocycles. The first-order valence-electron chi connectivity index (χ1n) is 7.19. The summed E-state index contributed by atoms with van der Waals surface area (Å²) in [4.78, 5) is 0. The first kappa shape index (κ1) is 15.7. The lowest BCUT2D eigenvalue weighted by atomic mass is 10.2. The molecular weight excluding hydrogens is 286 g/mol. The van der Waals surface area contributed by atoms with E-state index in [0.29, 0.717) is 6.54 Å². The summed E-state index contributed by atoms with van der Waals surface area (Å²) < 4.78 is 7.63. The SMILES string of the molecule is CCC(C)Oc1cccc(NCc2c(Cl)c(C)nn2C)c1. The summed E-state index contributed by atoms with van der Waals surface area (Å²) in [6, 6.07) is 7.97. The zero-order chi connectivity index (χ0) is 15.4. The predicted octanol–water partition coefficient (Wildman–Crippen LogP) is 4.17. The second kappa shape index (κ2) is 6.85. The first-order chi connectivity index (χ1) is 10.0. The van der Waals surface area contributed by atoms with Crippen LogP contribution in [0.4, 0.5) is 5.69 Å². The van der Waals surface area contributed by atoms with E-state index in [4.69, 9.17) is 16.3 Å². The average Bonchev–Trinajstić information content (AvgIpc) is 2.70. The molecule has 0 aliphatic carbocycles.